The van der Waals surface area contributed by atoms with Crippen molar-refractivity contribution in [2.45, 2.75) is 6.92 Å². The maximum absolute atomic E-state index is 13.0. The number of Topliss-reactive ketones (excluding diaryl/α,β-unsaturated/α-hetero) is 1. The van der Waals surface area contributed by atoms with Crippen LogP contribution in [0, 0.1) is 6.92 Å². The third-order valence-electron chi connectivity index (χ3n) is 5.21. The molecule has 7 heteroatoms. The van der Waals surface area contributed by atoms with E-state index in [0.717, 1.165) is 0 Å². The number of aryl methyl sites for hydroxylation is 1. The number of ether oxygens (including phenoxy) is 5. The molecule has 0 fully saturated rings. The predicted molar refractivity (Wildman–Crippen MR) is 122 cm³/mol. The maximum Gasteiger partial charge on any atom is 0.343 e. The fraction of sp³-hybridized carbons (Fsp3) is 0.154. The maximum atomic E-state index is 13.0. The minimum absolute atomic E-state index is 0.148. The van der Waals surface area contributed by atoms with Gasteiger partial charge in [0.1, 0.15) is 28.7 Å². The van der Waals surface area contributed by atoms with Crippen LogP contribution in [0.25, 0.3) is 6.08 Å². The SMILES string of the molecule is COc1ccc(C(=O)Oc2cc(C)c3c(c2)O/C(=C\c2ccc(OC)cc2OC)C3=O)cc1. The standard InChI is InChI=1S/C26H22O7/c1-15-11-20(32-26(28)16-5-8-18(29-2)9-6-16)14-22-24(15)25(27)23(33-22)12-17-7-10-19(30-3)13-21(17)31-4/h5-14H,1-4H3/b23-12-. The molecule has 0 spiro atoms. The molecule has 168 valence electrons. The number of esters is 1. The van der Waals surface area contributed by atoms with Crippen molar-refractivity contribution in [1.29, 1.82) is 0 Å². The van der Waals surface area contributed by atoms with E-state index in [-0.39, 0.29) is 17.3 Å². The van der Waals surface area contributed by atoms with Gasteiger partial charge in [-0.25, -0.2) is 4.79 Å². The Morgan fingerprint density at radius 2 is 1.55 bits per heavy atom. The lowest BCUT2D eigenvalue weighted by Gasteiger charge is -2.08. The Kier molecular flexibility index (Phi) is 6.04. The second-order valence-electron chi connectivity index (χ2n) is 7.28. The molecule has 1 heterocycles. The number of hydrogen-bond acceptors (Lipinski definition) is 7. The zero-order valence-electron chi connectivity index (χ0n) is 18.6. The average molecular weight is 446 g/mol. The smallest absolute Gasteiger partial charge is 0.343 e. The first-order valence-corrected chi connectivity index (χ1v) is 10.1. The van der Waals surface area contributed by atoms with Crippen LogP contribution in [0.1, 0.15) is 31.8 Å². The summed E-state index contributed by atoms with van der Waals surface area (Å²) in [5.41, 5.74) is 2.11. The molecule has 0 unspecified atom stereocenters. The molecular weight excluding hydrogens is 424 g/mol. The largest absolute Gasteiger partial charge is 0.497 e. The van der Waals surface area contributed by atoms with Crippen LogP contribution in [0.2, 0.25) is 0 Å². The first-order chi connectivity index (χ1) is 15.9. The number of fused-ring (bicyclic) bond motifs is 1. The summed E-state index contributed by atoms with van der Waals surface area (Å²) in [7, 11) is 4.65. The normalized spacial score (nSPS) is 13.3. The number of allylic oxidation sites excluding steroid dienone is 1. The quantitative estimate of drug-likeness (QED) is 0.304. The molecule has 7 nitrogen and oxygen atoms in total. The van der Waals surface area contributed by atoms with Gasteiger partial charge in [-0.05, 0) is 61.0 Å². The van der Waals surface area contributed by atoms with Gasteiger partial charge in [0.25, 0.3) is 0 Å². The van der Waals surface area contributed by atoms with E-state index < -0.39 is 5.97 Å². The molecule has 0 aliphatic carbocycles. The third kappa shape index (κ3) is 4.39. The molecule has 3 aromatic carbocycles. The van der Waals surface area contributed by atoms with Crippen LogP contribution in [-0.2, 0) is 0 Å². The lowest BCUT2D eigenvalue weighted by atomic mass is 10.0. The zero-order chi connectivity index (χ0) is 23.5. The number of rotatable bonds is 6. The van der Waals surface area contributed by atoms with Crippen molar-refractivity contribution < 1.29 is 33.3 Å². The molecule has 0 amide bonds. The van der Waals surface area contributed by atoms with E-state index in [4.69, 9.17) is 23.7 Å². The first-order valence-electron chi connectivity index (χ1n) is 10.1. The van der Waals surface area contributed by atoms with Gasteiger partial charge in [-0.3, -0.25) is 4.79 Å². The Bertz CT molecular complexity index is 1260. The molecule has 3 aromatic rings. The number of ketones is 1. The van der Waals surface area contributed by atoms with Gasteiger partial charge in [-0.15, -0.1) is 0 Å². The van der Waals surface area contributed by atoms with Crippen molar-refractivity contribution in [3.8, 4) is 28.7 Å². The average Bonchev–Trinajstić information content (AvgIpc) is 3.14. The van der Waals surface area contributed by atoms with Crippen LogP contribution < -0.4 is 23.7 Å². The summed E-state index contributed by atoms with van der Waals surface area (Å²) in [5.74, 6) is 1.79. The molecule has 4 rings (SSSR count). The van der Waals surface area contributed by atoms with Crippen molar-refractivity contribution in [2.75, 3.05) is 21.3 Å². The molecule has 0 N–H and O–H groups in total. The van der Waals surface area contributed by atoms with Crippen LogP contribution in [0.4, 0.5) is 0 Å². The Morgan fingerprint density at radius 1 is 0.848 bits per heavy atom. The summed E-state index contributed by atoms with van der Waals surface area (Å²) in [6.07, 6.45) is 1.61. The van der Waals surface area contributed by atoms with Crippen LogP contribution in [0.3, 0.4) is 0 Å². The summed E-state index contributed by atoms with van der Waals surface area (Å²) in [4.78, 5) is 25.5. The number of benzene rings is 3. The van der Waals surface area contributed by atoms with E-state index in [0.29, 0.717) is 45.3 Å². The molecule has 33 heavy (non-hydrogen) atoms. The molecule has 0 aromatic heterocycles. The fourth-order valence-corrected chi connectivity index (χ4v) is 3.51. The van der Waals surface area contributed by atoms with Crippen LogP contribution in [0.15, 0.2) is 60.4 Å². The second kappa shape index (κ2) is 9.08. The highest BCUT2D eigenvalue weighted by Gasteiger charge is 2.30. The first kappa shape index (κ1) is 22.0. The lowest BCUT2D eigenvalue weighted by molar-refractivity contribution is 0.0734. The molecule has 0 saturated heterocycles. The topological polar surface area (TPSA) is 80.3 Å². The van der Waals surface area contributed by atoms with Crippen LogP contribution in [0.5, 0.6) is 28.7 Å². The van der Waals surface area contributed by atoms with Gasteiger partial charge < -0.3 is 23.7 Å². The summed E-state index contributed by atoms with van der Waals surface area (Å²) in [5, 5.41) is 0. The monoisotopic (exact) mass is 446 g/mol. The van der Waals surface area contributed by atoms with E-state index >= 15 is 0 Å². The van der Waals surface area contributed by atoms with E-state index in [1.165, 1.54) is 13.2 Å². The molecular formula is C26H22O7. The third-order valence-corrected chi connectivity index (χ3v) is 5.21. The van der Waals surface area contributed by atoms with Crippen molar-refractivity contribution >= 4 is 17.8 Å². The predicted octanol–water partition coefficient (Wildman–Crippen LogP) is 4.86. The van der Waals surface area contributed by atoms with Crippen molar-refractivity contribution in [2.24, 2.45) is 0 Å². The van der Waals surface area contributed by atoms with Gasteiger partial charge in [0.05, 0.1) is 32.5 Å². The summed E-state index contributed by atoms with van der Waals surface area (Å²) < 4.78 is 27.1. The summed E-state index contributed by atoms with van der Waals surface area (Å²) >= 11 is 0. The summed E-state index contributed by atoms with van der Waals surface area (Å²) in [6.45, 7) is 1.77. The number of hydrogen-bond donors (Lipinski definition) is 0. The highest BCUT2D eigenvalue weighted by Crippen LogP contribution is 2.38. The van der Waals surface area contributed by atoms with E-state index in [1.807, 2.05) is 0 Å². The highest BCUT2D eigenvalue weighted by molar-refractivity contribution is 6.15. The van der Waals surface area contributed by atoms with Crippen LogP contribution >= 0.6 is 0 Å². The van der Waals surface area contributed by atoms with Gasteiger partial charge >= 0.3 is 5.97 Å². The highest BCUT2D eigenvalue weighted by atomic mass is 16.5. The molecule has 0 atom stereocenters. The van der Waals surface area contributed by atoms with Crippen molar-refractivity contribution in [3.05, 3.63) is 82.6 Å². The zero-order valence-corrected chi connectivity index (χ0v) is 18.6. The number of carbonyl (C=O) groups excluding carboxylic acids is 2. The minimum atomic E-state index is -0.528. The lowest BCUT2D eigenvalue weighted by Crippen LogP contribution is -2.08. The van der Waals surface area contributed by atoms with Gasteiger partial charge in [0.15, 0.2) is 5.76 Å². The molecule has 0 bridgehead atoms. The Hall–Kier alpha value is -4.26. The van der Waals surface area contributed by atoms with E-state index in [9.17, 15) is 9.59 Å². The minimum Gasteiger partial charge on any atom is -0.497 e. The summed E-state index contributed by atoms with van der Waals surface area (Å²) in [6, 6.07) is 15.0. The van der Waals surface area contributed by atoms with Gasteiger partial charge in [-0.2, -0.15) is 0 Å². The van der Waals surface area contributed by atoms with Gasteiger partial charge in [0.2, 0.25) is 5.78 Å². The van der Waals surface area contributed by atoms with E-state index in [1.54, 1.807) is 75.8 Å². The van der Waals surface area contributed by atoms with E-state index in [2.05, 4.69) is 0 Å². The molecule has 1 aliphatic rings. The fourth-order valence-electron chi connectivity index (χ4n) is 3.51. The Labute approximate surface area is 191 Å². The molecule has 0 radical (unpaired) electrons. The molecule has 0 saturated carbocycles. The van der Waals surface area contributed by atoms with Crippen molar-refractivity contribution in [1.82, 2.24) is 0 Å². The Morgan fingerprint density at radius 3 is 2.21 bits per heavy atom. The van der Waals surface area contributed by atoms with Crippen molar-refractivity contribution in [3.63, 3.8) is 0 Å². The van der Waals surface area contributed by atoms with Gasteiger partial charge in [-0.1, -0.05) is 0 Å². The Balaban J connectivity index is 1.59. The number of methoxy groups -OCH3 is 3. The second-order valence-corrected chi connectivity index (χ2v) is 7.28. The molecule has 1 aliphatic heterocycles. The van der Waals surface area contributed by atoms with Gasteiger partial charge in [0, 0.05) is 17.7 Å². The van der Waals surface area contributed by atoms with Crippen LogP contribution in [-0.4, -0.2) is 33.1 Å². The number of carbonyl (C=O) groups is 2.